The third kappa shape index (κ3) is 2.42. The number of benzene rings is 1. The molecule has 3 rings (SSSR count). The monoisotopic (exact) mass is 260 g/mol. The molecule has 19 heavy (non-hydrogen) atoms. The number of aliphatic hydroxyl groups excluding tert-OH is 1. The van der Waals surface area contributed by atoms with E-state index in [1.807, 2.05) is 0 Å². The summed E-state index contributed by atoms with van der Waals surface area (Å²) in [6.07, 6.45) is 4.15. The summed E-state index contributed by atoms with van der Waals surface area (Å²) in [6.45, 7) is 2.89. The zero-order valence-electron chi connectivity index (χ0n) is 11.5. The minimum Gasteiger partial charge on any atom is -0.393 e. The fourth-order valence-corrected chi connectivity index (χ4v) is 3.98. The summed E-state index contributed by atoms with van der Waals surface area (Å²) >= 11 is 0. The van der Waals surface area contributed by atoms with E-state index in [9.17, 15) is 5.11 Å². The molecule has 1 saturated heterocycles. The maximum atomic E-state index is 9.68. The van der Waals surface area contributed by atoms with Crippen LogP contribution in [0.5, 0.6) is 0 Å². The van der Waals surface area contributed by atoms with Crippen LogP contribution in [0.15, 0.2) is 30.3 Å². The molecule has 1 aromatic rings. The second-order valence-corrected chi connectivity index (χ2v) is 6.24. The van der Waals surface area contributed by atoms with Crippen molar-refractivity contribution in [2.45, 2.75) is 44.4 Å². The van der Waals surface area contributed by atoms with E-state index in [0.29, 0.717) is 12.6 Å². The van der Waals surface area contributed by atoms with Crippen LogP contribution < -0.4 is 5.73 Å². The fourth-order valence-electron chi connectivity index (χ4n) is 3.98. The Labute approximate surface area is 115 Å². The van der Waals surface area contributed by atoms with Gasteiger partial charge < -0.3 is 10.8 Å². The first-order valence-corrected chi connectivity index (χ1v) is 7.40. The molecule has 2 fully saturated rings. The summed E-state index contributed by atoms with van der Waals surface area (Å²) in [7, 11) is 0. The second kappa shape index (κ2) is 5.23. The molecule has 0 amide bonds. The van der Waals surface area contributed by atoms with Crippen LogP contribution in [0.1, 0.15) is 31.2 Å². The lowest BCUT2D eigenvalue weighted by molar-refractivity contribution is -0.0733. The molecular formula is C16H24N2O. The van der Waals surface area contributed by atoms with Crippen LogP contribution in [0.3, 0.4) is 0 Å². The van der Waals surface area contributed by atoms with Crippen molar-refractivity contribution < 1.29 is 5.11 Å². The van der Waals surface area contributed by atoms with E-state index in [1.165, 1.54) is 18.4 Å². The van der Waals surface area contributed by atoms with Gasteiger partial charge in [-0.15, -0.1) is 0 Å². The Morgan fingerprint density at radius 1 is 1.26 bits per heavy atom. The number of nitrogens with two attached hydrogens (primary N) is 1. The molecule has 3 nitrogen and oxygen atoms in total. The van der Waals surface area contributed by atoms with E-state index >= 15 is 0 Å². The van der Waals surface area contributed by atoms with Crippen molar-refractivity contribution in [2.75, 3.05) is 13.1 Å². The fraction of sp³-hybridized carbons (Fsp3) is 0.625. The van der Waals surface area contributed by atoms with E-state index in [0.717, 1.165) is 25.9 Å². The normalized spacial score (nSPS) is 35.3. The lowest BCUT2D eigenvalue weighted by Crippen LogP contribution is -2.57. The standard InChI is InChI=1S/C16H24N2O/c17-12-16(9-14(19)10-16)15-7-4-8-18(15)11-13-5-2-1-3-6-13/h1-3,5-6,14-15,19H,4,7-12,17H2. The highest BCUT2D eigenvalue weighted by Gasteiger charge is 2.51. The van der Waals surface area contributed by atoms with Crippen molar-refractivity contribution >= 4 is 0 Å². The van der Waals surface area contributed by atoms with Crippen LogP contribution in [0, 0.1) is 5.41 Å². The molecule has 2 aliphatic rings. The molecule has 104 valence electrons. The van der Waals surface area contributed by atoms with E-state index in [1.54, 1.807) is 0 Å². The highest BCUT2D eigenvalue weighted by Crippen LogP contribution is 2.48. The van der Waals surface area contributed by atoms with Gasteiger partial charge >= 0.3 is 0 Å². The number of aliphatic hydroxyl groups is 1. The summed E-state index contributed by atoms with van der Waals surface area (Å²) < 4.78 is 0. The first-order chi connectivity index (χ1) is 9.23. The highest BCUT2D eigenvalue weighted by atomic mass is 16.3. The van der Waals surface area contributed by atoms with Gasteiger partial charge in [-0.1, -0.05) is 30.3 Å². The summed E-state index contributed by atoms with van der Waals surface area (Å²) in [5, 5.41) is 9.68. The summed E-state index contributed by atoms with van der Waals surface area (Å²) in [5.41, 5.74) is 7.58. The van der Waals surface area contributed by atoms with Gasteiger partial charge in [0, 0.05) is 18.0 Å². The van der Waals surface area contributed by atoms with Gasteiger partial charge in [0.05, 0.1) is 6.10 Å². The van der Waals surface area contributed by atoms with Gasteiger partial charge in [-0.25, -0.2) is 0 Å². The highest BCUT2D eigenvalue weighted by molar-refractivity contribution is 5.15. The van der Waals surface area contributed by atoms with Gasteiger partial charge in [0.25, 0.3) is 0 Å². The van der Waals surface area contributed by atoms with Gasteiger partial charge in [0.15, 0.2) is 0 Å². The van der Waals surface area contributed by atoms with Gasteiger partial charge in [-0.2, -0.15) is 0 Å². The van der Waals surface area contributed by atoms with Crippen LogP contribution >= 0.6 is 0 Å². The SMILES string of the molecule is NCC1(C2CCCN2Cc2ccccc2)CC(O)C1. The first-order valence-electron chi connectivity index (χ1n) is 7.40. The third-order valence-corrected chi connectivity index (χ3v) is 4.99. The Morgan fingerprint density at radius 3 is 2.63 bits per heavy atom. The summed E-state index contributed by atoms with van der Waals surface area (Å²) in [6, 6.07) is 11.2. The number of rotatable bonds is 4. The molecule has 0 radical (unpaired) electrons. The third-order valence-electron chi connectivity index (χ3n) is 4.99. The largest absolute Gasteiger partial charge is 0.393 e. The molecule has 1 atom stereocenters. The molecule has 0 spiro atoms. The van der Waals surface area contributed by atoms with E-state index in [2.05, 4.69) is 35.2 Å². The van der Waals surface area contributed by atoms with E-state index in [-0.39, 0.29) is 11.5 Å². The van der Waals surface area contributed by atoms with E-state index in [4.69, 9.17) is 5.73 Å². The predicted molar refractivity (Wildman–Crippen MR) is 76.6 cm³/mol. The Balaban J connectivity index is 1.71. The van der Waals surface area contributed by atoms with Crippen molar-refractivity contribution in [3.05, 3.63) is 35.9 Å². The Morgan fingerprint density at radius 2 is 2.00 bits per heavy atom. The molecule has 1 aliphatic carbocycles. The number of likely N-dealkylation sites (tertiary alicyclic amines) is 1. The molecule has 0 bridgehead atoms. The maximum Gasteiger partial charge on any atom is 0.0553 e. The van der Waals surface area contributed by atoms with Crippen molar-refractivity contribution in [2.24, 2.45) is 11.1 Å². The lowest BCUT2D eigenvalue weighted by atomic mass is 9.61. The Bertz CT molecular complexity index is 414. The van der Waals surface area contributed by atoms with Crippen molar-refractivity contribution in [3.8, 4) is 0 Å². The molecule has 1 aliphatic heterocycles. The van der Waals surface area contributed by atoms with Crippen LogP contribution in [-0.2, 0) is 6.54 Å². The molecule has 3 N–H and O–H groups in total. The minimum absolute atomic E-state index is 0.122. The average molecular weight is 260 g/mol. The predicted octanol–water partition coefficient (Wildman–Crippen LogP) is 1.75. The Hall–Kier alpha value is -0.900. The number of hydrogen-bond donors (Lipinski definition) is 2. The molecule has 3 heteroatoms. The van der Waals surface area contributed by atoms with Gasteiger partial charge in [-0.05, 0) is 44.3 Å². The first kappa shape index (κ1) is 13.1. The van der Waals surface area contributed by atoms with Crippen molar-refractivity contribution in [3.63, 3.8) is 0 Å². The summed E-state index contributed by atoms with van der Waals surface area (Å²) in [5.74, 6) is 0. The molecule has 0 aromatic heterocycles. The quantitative estimate of drug-likeness (QED) is 0.867. The van der Waals surface area contributed by atoms with Crippen LogP contribution in [0.4, 0.5) is 0 Å². The van der Waals surface area contributed by atoms with E-state index < -0.39 is 0 Å². The number of hydrogen-bond acceptors (Lipinski definition) is 3. The van der Waals surface area contributed by atoms with Crippen LogP contribution in [0.25, 0.3) is 0 Å². The van der Waals surface area contributed by atoms with Crippen molar-refractivity contribution in [1.82, 2.24) is 4.90 Å². The zero-order valence-corrected chi connectivity index (χ0v) is 11.5. The minimum atomic E-state index is -0.122. The van der Waals surface area contributed by atoms with Gasteiger partial charge in [0.2, 0.25) is 0 Å². The lowest BCUT2D eigenvalue weighted by Gasteiger charge is -2.51. The zero-order chi connectivity index (χ0) is 13.3. The second-order valence-electron chi connectivity index (χ2n) is 6.24. The topological polar surface area (TPSA) is 49.5 Å². The smallest absolute Gasteiger partial charge is 0.0553 e. The molecule has 1 heterocycles. The summed E-state index contributed by atoms with van der Waals surface area (Å²) in [4.78, 5) is 2.58. The molecule has 1 saturated carbocycles. The van der Waals surface area contributed by atoms with Gasteiger partial charge in [0.1, 0.15) is 0 Å². The molecule has 1 aromatic carbocycles. The van der Waals surface area contributed by atoms with Crippen LogP contribution in [-0.4, -0.2) is 35.2 Å². The van der Waals surface area contributed by atoms with Crippen molar-refractivity contribution in [1.29, 1.82) is 0 Å². The Kier molecular flexibility index (Phi) is 3.61. The average Bonchev–Trinajstić information content (AvgIpc) is 2.84. The van der Waals surface area contributed by atoms with Crippen LogP contribution in [0.2, 0.25) is 0 Å². The molecular weight excluding hydrogens is 236 g/mol. The van der Waals surface area contributed by atoms with Gasteiger partial charge in [-0.3, -0.25) is 4.90 Å². The maximum absolute atomic E-state index is 9.68. The number of nitrogens with zero attached hydrogens (tertiary/aromatic N) is 1. The molecule has 1 unspecified atom stereocenters.